The Bertz CT molecular complexity index is 454. The van der Waals surface area contributed by atoms with Gasteiger partial charge in [0.2, 0.25) is 5.69 Å². The third-order valence-corrected chi connectivity index (χ3v) is 3.95. The van der Waals surface area contributed by atoms with E-state index in [4.69, 9.17) is 0 Å². The van der Waals surface area contributed by atoms with Crippen molar-refractivity contribution in [3.05, 3.63) is 29.0 Å². The Balaban J connectivity index is 2.29. The van der Waals surface area contributed by atoms with Crippen LogP contribution in [0.4, 0.5) is 0 Å². The Morgan fingerprint density at radius 2 is 2.17 bits per heavy atom. The molecule has 18 heavy (non-hydrogen) atoms. The molecule has 1 fully saturated rings. The monoisotopic (exact) mass is 250 g/mol. The van der Waals surface area contributed by atoms with E-state index < -0.39 is 11.4 Å². The van der Waals surface area contributed by atoms with E-state index in [9.17, 15) is 15.1 Å². The lowest BCUT2D eigenvalue weighted by Crippen LogP contribution is -2.38. The molecule has 2 rings (SSSR count). The average Bonchev–Trinajstić information content (AvgIpc) is 2.36. The molecule has 98 valence electrons. The molecule has 0 radical (unpaired) electrons. The van der Waals surface area contributed by atoms with Crippen molar-refractivity contribution in [3.8, 4) is 0 Å². The Morgan fingerprint density at radius 3 is 2.78 bits per heavy atom. The van der Waals surface area contributed by atoms with Gasteiger partial charge in [-0.25, -0.2) is 4.98 Å². The van der Waals surface area contributed by atoms with Crippen LogP contribution in [0.5, 0.6) is 0 Å². The summed E-state index contributed by atoms with van der Waals surface area (Å²) in [6.45, 7) is 1.69. The van der Waals surface area contributed by atoms with Gasteiger partial charge < -0.3 is 10.3 Å². The van der Waals surface area contributed by atoms with Gasteiger partial charge >= 0.3 is 5.97 Å². The van der Waals surface area contributed by atoms with Gasteiger partial charge in [-0.15, -0.1) is 0 Å². The summed E-state index contributed by atoms with van der Waals surface area (Å²) in [6, 6.07) is 0. The zero-order chi connectivity index (χ0) is 13.2. The number of carboxylic acids is 1. The molecule has 0 aromatic carbocycles. The molecule has 1 aromatic heterocycles. The van der Waals surface area contributed by atoms with Crippen LogP contribution in [0, 0.1) is 17.5 Å². The summed E-state index contributed by atoms with van der Waals surface area (Å²) in [5.74, 6) is -0.760. The molecule has 0 bridgehead atoms. The minimum Gasteiger partial charge on any atom is -0.618 e. The van der Waals surface area contributed by atoms with Crippen molar-refractivity contribution < 1.29 is 14.6 Å². The second kappa shape index (κ2) is 4.92. The van der Waals surface area contributed by atoms with E-state index >= 15 is 0 Å². The summed E-state index contributed by atoms with van der Waals surface area (Å²) < 4.78 is 0.751. The van der Waals surface area contributed by atoms with Gasteiger partial charge in [-0.1, -0.05) is 19.3 Å². The van der Waals surface area contributed by atoms with E-state index in [2.05, 4.69) is 4.98 Å². The van der Waals surface area contributed by atoms with E-state index in [-0.39, 0.29) is 0 Å². The molecule has 0 atom stereocenters. The lowest BCUT2D eigenvalue weighted by Gasteiger charge is -2.32. The fraction of sp³-hybridized carbons (Fsp3) is 0.615. The second-order valence-electron chi connectivity index (χ2n) is 5.11. The molecule has 0 amide bonds. The number of hydrogen-bond acceptors (Lipinski definition) is 3. The maximum absolute atomic E-state index is 11.6. The number of aliphatic carboxylic acids is 1. The van der Waals surface area contributed by atoms with Crippen LogP contribution in [0.1, 0.15) is 43.5 Å². The predicted molar refractivity (Wildman–Crippen MR) is 64.8 cm³/mol. The van der Waals surface area contributed by atoms with Crippen molar-refractivity contribution in [3.63, 3.8) is 0 Å². The Kier molecular flexibility index (Phi) is 3.50. The van der Waals surface area contributed by atoms with Crippen molar-refractivity contribution in [2.24, 2.45) is 5.41 Å². The van der Waals surface area contributed by atoms with Gasteiger partial charge in [0, 0.05) is 13.3 Å². The van der Waals surface area contributed by atoms with Crippen molar-refractivity contribution >= 4 is 5.97 Å². The highest BCUT2D eigenvalue weighted by Gasteiger charge is 2.41. The molecule has 5 heteroatoms. The topological polar surface area (TPSA) is 77.1 Å². The molecule has 0 unspecified atom stereocenters. The molecular formula is C13H18N2O3. The molecular weight excluding hydrogens is 232 g/mol. The van der Waals surface area contributed by atoms with Crippen LogP contribution in [0.3, 0.4) is 0 Å². The van der Waals surface area contributed by atoms with Crippen LogP contribution in [0.15, 0.2) is 12.4 Å². The summed E-state index contributed by atoms with van der Waals surface area (Å²) in [4.78, 5) is 15.7. The van der Waals surface area contributed by atoms with Crippen LogP contribution < -0.4 is 4.73 Å². The summed E-state index contributed by atoms with van der Waals surface area (Å²) in [6.07, 6.45) is 7.47. The number of carbonyl (C=O) groups is 1. The second-order valence-corrected chi connectivity index (χ2v) is 5.11. The van der Waals surface area contributed by atoms with Gasteiger partial charge in [-0.2, -0.15) is 4.73 Å². The van der Waals surface area contributed by atoms with E-state index in [1.807, 2.05) is 0 Å². The first-order valence-electron chi connectivity index (χ1n) is 6.32. The fourth-order valence-corrected chi connectivity index (χ4v) is 2.71. The van der Waals surface area contributed by atoms with Gasteiger partial charge in [-0.3, -0.25) is 4.79 Å². The molecule has 1 saturated carbocycles. The van der Waals surface area contributed by atoms with Crippen LogP contribution in [-0.2, 0) is 11.2 Å². The molecule has 5 nitrogen and oxygen atoms in total. The summed E-state index contributed by atoms with van der Waals surface area (Å²) in [7, 11) is 0. The zero-order valence-corrected chi connectivity index (χ0v) is 10.6. The molecule has 1 heterocycles. The standard InChI is InChI=1S/C13H18N2O3/c1-10-11(14-7-8-15(10)18)9-13(12(16)17)5-3-2-4-6-13/h7-8H,2-6,9H2,1H3,(H,16,17). The summed E-state index contributed by atoms with van der Waals surface area (Å²) in [5.41, 5.74) is 0.380. The molecule has 1 aliphatic carbocycles. The van der Waals surface area contributed by atoms with Gasteiger partial charge in [0.1, 0.15) is 5.69 Å². The smallest absolute Gasteiger partial charge is 0.310 e. The molecule has 0 aliphatic heterocycles. The number of carboxylic acid groups (broad SMARTS) is 1. The fourth-order valence-electron chi connectivity index (χ4n) is 2.71. The molecule has 0 saturated heterocycles. The quantitative estimate of drug-likeness (QED) is 0.653. The van der Waals surface area contributed by atoms with Crippen LogP contribution >= 0.6 is 0 Å². The highest BCUT2D eigenvalue weighted by Crippen LogP contribution is 2.39. The van der Waals surface area contributed by atoms with E-state index in [1.165, 1.54) is 12.4 Å². The molecule has 0 spiro atoms. The highest BCUT2D eigenvalue weighted by molar-refractivity contribution is 5.75. The maximum atomic E-state index is 11.6. The third-order valence-electron chi connectivity index (χ3n) is 3.95. The van der Waals surface area contributed by atoms with Gasteiger partial charge in [0.25, 0.3) is 0 Å². The van der Waals surface area contributed by atoms with Gasteiger partial charge in [0.15, 0.2) is 6.20 Å². The van der Waals surface area contributed by atoms with Crippen LogP contribution in [-0.4, -0.2) is 16.1 Å². The minimum absolute atomic E-state index is 0.358. The third kappa shape index (κ3) is 2.30. The zero-order valence-electron chi connectivity index (χ0n) is 10.6. The number of hydrogen-bond donors (Lipinski definition) is 1. The van der Waals surface area contributed by atoms with E-state index in [0.29, 0.717) is 30.7 Å². The van der Waals surface area contributed by atoms with Crippen molar-refractivity contribution in [1.29, 1.82) is 0 Å². The van der Waals surface area contributed by atoms with E-state index in [1.54, 1.807) is 6.92 Å². The van der Waals surface area contributed by atoms with Crippen molar-refractivity contribution in [2.75, 3.05) is 0 Å². The summed E-state index contributed by atoms with van der Waals surface area (Å²) >= 11 is 0. The molecule has 1 N–H and O–H groups in total. The molecule has 1 aromatic rings. The minimum atomic E-state index is -0.760. The van der Waals surface area contributed by atoms with Crippen molar-refractivity contribution in [1.82, 2.24) is 4.98 Å². The Morgan fingerprint density at radius 1 is 1.50 bits per heavy atom. The van der Waals surface area contributed by atoms with E-state index in [0.717, 1.165) is 24.0 Å². The predicted octanol–water partition coefficient (Wildman–Crippen LogP) is 1.60. The SMILES string of the molecule is Cc1c(CC2(C(=O)O)CCCCC2)ncc[n+]1[O-]. The molecule has 1 aliphatic rings. The number of aromatic nitrogens is 2. The van der Waals surface area contributed by atoms with Gasteiger partial charge in [-0.05, 0) is 12.8 Å². The Labute approximate surface area is 106 Å². The van der Waals surface area contributed by atoms with Crippen LogP contribution in [0.2, 0.25) is 0 Å². The first-order valence-corrected chi connectivity index (χ1v) is 6.32. The van der Waals surface area contributed by atoms with Gasteiger partial charge in [0.05, 0.1) is 11.6 Å². The van der Waals surface area contributed by atoms with Crippen molar-refractivity contribution in [2.45, 2.75) is 45.4 Å². The lowest BCUT2D eigenvalue weighted by molar-refractivity contribution is -0.613. The average molecular weight is 250 g/mol. The largest absolute Gasteiger partial charge is 0.618 e. The first kappa shape index (κ1) is 12.8. The first-order chi connectivity index (χ1) is 8.55. The van der Waals surface area contributed by atoms with Crippen LogP contribution in [0.25, 0.3) is 0 Å². The normalized spacial score (nSPS) is 18.5. The lowest BCUT2D eigenvalue weighted by atomic mass is 9.71. The maximum Gasteiger partial charge on any atom is 0.310 e. The summed E-state index contributed by atoms with van der Waals surface area (Å²) in [5, 5.41) is 21.0. The Hall–Kier alpha value is -1.65. The number of rotatable bonds is 3. The highest BCUT2D eigenvalue weighted by atomic mass is 16.5. The number of nitrogens with zero attached hydrogens (tertiary/aromatic N) is 2.